The zero-order valence-corrected chi connectivity index (χ0v) is 12.1. The second kappa shape index (κ2) is 4.97. The third kappa shape index (κ3) is 2.27. The smallest absolute Gasteiger partial charge is 0.112 e. The first-order valence-electron chi connectivity index (χ1n) is 7.32. The summed E-state index contributed by atoms with van der Waals surface area (Å²) in [6.45, 7) is 6.97. The maximum absolute atomic E-state index is 4.85. The van der Waals surface area contributed by atoms with Crippen molar-refractivity contribution in [2.75, 3.05) is 13.1 Å². The van der Waals surface area contributed by atoms with Gasteiger partial charge >= 0.3 is 0 Å². The van der Waals surface area contributed by atoms with Crippen molar-refractivity contribution >= 4 is 11.0 Å². The lowest BCUT2D eigenvalue weighted by atomic mass is 9.95. The fourth-order valence-electron chi connectivity index (χ4n) is 3.20. The van der Waals surface area contributed by atoms with Crippen molar-refractivity contribution in [1.82, 2.24) is 14.5 Å². The molecule has 19 heavy (non-hydrogen) atoms. The van der Waals surface area contributed by atoms with Gasteiger partial charge in [0.15, 0.2) is 0 Å². The molecule has 0 atom stereocenters. The van der Waals surface area contributed by atoms with Crippen molar-refractivity contribution in [3.8, 4) is 0 Å². The largest absolute Gasteiger partial charge is 0.331 e. The molecule has 0 amide bonds. The third-order valence-electron chi connectivity index (χ3n) is 4.45. The molecule has 1 fully saturated rings. The lowest BCUT2D eigenvalue weighted by molar-refractivity contribution is 0.169. The first-order valence-corrected chi connectivity index (χ1v) is 7.32. The summed E-state index contributed by atoms with van der Waals surface area (Å²) in [5, 5.41) is 0. The van der Waals surface area contributed by atoms with Crippen LogP contribution >= 0.6 is 0 Å². The van der Waals surface area contributed by atoms with E-state index in [0.717, 1.165) is 5.52 Å². The van der Waals surface area contributed by atoms with Gasteiger partial charge in [-0.3, -0.25) is 0 Å². The van der Waals surface area contributed by atoms with Gasteiger partial charge in [0.05, 0.1) is 11.0 Å². The number of aromatic nitrogens is 2. The average molecular weight is 257 g/mol. The molecule has 0 bridgehead atoms. The van der Waals surface area contributed by atoms with Gasteiger partial charge in [0.2, 0.25) is 0 Å². The Morgan fingerprint density at radius 3 is 2.47 bits per heavy atom. The van der Waals surface area contributed by atoms with Gasteiger partial charge in [-0.05, 0) is 51.9 Å². The van der Waals surface area contributed by atoms with Crippen molar-refractivity contribution in [1.29, 1.82) is 0 Å². The molecule has 0 aliphatic carbocycles. The maximum Gasteiger partial charge on any atom is 0.112 e. The van der Waals surface area contributed by atoms with Crippen molar-refractivity contribution < 1.29 is 0 Å². The van der Waals surface area contributed by atoms with E-state index in [1.165, 1.54) is 37.3 Å². The molecule has 0 unspecified atom stereocenters. The molecule has 0 radical (unpaired) electrons. The van der Waals surface area contributed by atoms with Crippen molar-refractivity contribution in [3.63, 3.8) is 0 Å². The van der Waals surface area contributed by atoms with Crippen LogP contribution in [0, 0.1) is 0 Å². The number of hydrogen-bond donors (Lipinski definition) is 0. The van der Waals surface area contributed by atoms with Crippen LogP contribution in [0.4, 0.5) is 0 Å². The standard InChI is InChI=1S/C16H23N3/c1-12(2)19-10-8-13(9-11-19)16-17-14-6-4-5-7-15(14)18(16)3/h4-7,12-13H,8-11H2,1-3H3. The second-order valence-corrected chi connectivity index (χ2v) is 5.92. The number of fused-ring (bicyclic) bond motifs is 1. The number of rotatable bonds is 2. The number of benzene rings is 1. The minimum atomic E-state index is 0.618. The summed E-state index contributed by atoms with van der Waals surface area (Å²) in [6.07, 6.45) is 2.46. The van der Waals surface area contributed by atoms with Gasteiger partial charge in [-0.1, -0.05) is 12.1 Å². The Morgan fingerprint density at radius 2 is 1.84 bits per heavy atom. The average Bonchev–Trinajstić information content (AvgIpc) is 2.77. The summed E-state index contributed by atoms with van der Waals surface area (Å²) >= 11 is 0. The third-order valence-corrected chi connectivity index (χ3v) is 4.45. The molecule has 102 valence electrons. The molecule has 1 aliphatic heterocycles. The van der Waals surface area contributed by atoms with Crippen LogP contribution < -0.4 is 0 Å². The fourth-order valence-corrected chi connectivity index (χ4v) is 3.20. The van der Waals surface area contributed by atoms with Crippen LogP contribution in [0.25, 0.3) is 11.0 Å². The minimum absolute atomic E-state index is 0.618. The first kappa shape index (κ1) is 12.7. The first-order chi connectivity index (χ1) is 9.16. The second-order valence-electron chi connectivity index (χ2n) is 5.92. The van der Waals surface area contributed by atoms with Crippen LogP contribution in [-0.4, -0.2) is 33.6 Å². The molecule has 0 spiro atoms. The van der Waals surface area contributed by atoms with Crippen LogP contribution in [0.5, 0.6) is 0 Å². The number of likely N-dealkylation sites (tertiary alicyclic amines) is 1. The Kier molecular flexibility index (Phi) is 3.31. The Labute approximate surface area is 115 Å². The summed E-state index contributed by atoms with van der Waals surface area (Å²) < 4.78 is 2.28. The molecule has 2 aromatic rings. The van der Waals surface area contributed by atoms with Gasteiger partial charge in [-0.15, -0.1) is 0 Å². The van der Waals surface area contributed by atoms with Crippen molar-refractivity contribution in [3.05, 3.63) is 30.1 Å². The molecular formula is C16H23N3. The Balaban J connectivity index is 1.84. The molecule has 1 aromatic heterocycles. The van der Waals surface area contributed by atoms with E-state index in [4.69, 9.17) is 4.98 Å². The lowest BCUT2D eigenvalue weighted by Crippen LogP contribution is -2.38. The zero-order valence-electron chi connectivity index (χ0n) is 12.1. The number of nitrogens with zero attached hydrogens (tertiary/aromatic N) is 3. The molecule has 3 rings (SSSR count). The van der Waals surface area contributed by atoms with Gasteiger partial charge < -0.3 is 9.47 Å². The van der Waals surface area contributed by atoms with E-state index in [1.54, 1.807) is 0 Å². The van der Waals surface area contributed by atoms with Crippen LogP contribution in [0.15, 0.2) is 24.3 Å². The molecule has 0 saturated carbocycles. The quantitative estimate of drug-likeness (QED) is 0.824. The summed E-state index contributed by atoms with van der Waals surface area (Å²) in [5.41, 5.74) is 2.38. The van der Waals surface area contributed by atoms with Gasteiger partial charge in [0, 0.05) is 19.0 Å². The SMILES string of the molecule is CC(C)N1CCC(c2nc3ccccc3n2C)CC1. The monoisotopic (exact) mass is 257 g/mol. The van der Waals surface area contributed by atoms with Gasteiger partial charge in [-0.25, -0.2) is 4.98 Å². The number of aryl methyl sites for hydroxylation is 1. The topological polar surface area (TPSA) is 21.1 Å². The molecule has 1 aliphatic rings. The molecule has 3 nitrogen and oxygen atoms in total. The summed E-state index contributed by atoms with van der Waals surface area (Å²) in [7, 11) is 2.15. The Bertz CT molecular complexity index is 562. The number of para-hydroxylation sites is 2. The van der Waals surface area contributed by atoms with Gasteiger partial charge in [0.1, 0.15) is 5.82 Å². The molecule has 0 N–H and O–H groups in total. The zero-order chi connectivity index (χ0) is 13.4. The predicted molar refractivity (Wildman–Crippen MR) is 79.4 cm³/mol. The molecular weight excluding hydrogens is 234 g/mol. The molecule has 1 aromatic carbocycles. The predicted octanol–water partition coefficient (Wildman–Crippen LogP) is 3.16. The highest BCUT2D eigenvalue weighted by Gasteiger charge is 2.25. The van der Waals surface area contributed by atoms with Crippen LogP contribution in [0.2, 0.25) is 0 Å². The van der Waals surface area contributed by atoms with E-state index in [2.05, 4.69) is 54.6 Å². The lowest BCUT2D eigenvalue weighted by Gasteiger charge is -2.34. The summed E-state index contributed by atoms with van der Waals surface area (Å²) in [5.74, 6) is 1.89. The minimum Gasteiger partial charge on any atom is -0.331 e. The molecule has 2 heterocycles. The van der Waals surface area contributed by atoms with E-state index >= 15 is 0 Å². The van der Waals surface area contributed by atoms with Crippen molar-refractivity contribution in [2.45, 2.75) is 38.6 Å². The van der Waals surface area contributed by atoms with E-state index in [0.29, 0.717) is 12.0 Å². The highest BCUT2D eigenvalue weighted by atomic mass is 15.2. The Hall–Kier alpha value is -1.35. The fraction of sp³-hybridized carbons (Fsp3) is 0.562. The van der Waals surface area contributed by atoms with E-state index in [-0.39, 0.29) is 0 Å². The normalized spacial score (nSPS) is 18.5. The summed E-state index contributed by atoms with van der Waals surface area (Å²) in [6, 6.07) is 9.11. The van der Waals surface area contributed by atoms with Crippen LogP contribution in [0.1, 0.15) is 38.4 Å². The number of hydrogen-bond acceptors (Lipinski definition) is 2. The van der Waals surface area contributed by atoms with Gasteiger partial charge in [0.25, 0.3) is 0 Å². The van der Waals surface area contributed by atoms with Crippen LogP contribution in [-0.2, 0) is 7.05 Å². The van der Waals surface area contributed by atoms with Gasteiger partial charge in [-0.2, -0.15) is 0 Å². The van der Waals surface area contributed by atoms with Crippen LogP contribution in [0.3, 0.4) is 0 Å². The highest BCUT2D eigenvalue weighted by molar-refractivity contribution is 5.75. The van der Waals surface area contributed by atoms with E-state index in [1.807, 2.05) is 0 Å². The highest BCUT2D eigenvalue weighted by Crippen LogP contribution is 2.29. The van der Waals surface area contributed by atoms with Crippen molar-refractivity contribution in [2.24, 2.45) is 7.05 Å². The summed E-state index contributed by atoms with van der Waals surface area (Å²) in [4.78, 5) is 7.42. The number of piperidine rings is 1. The van der Waals surface area contributed by atoms with E-state index < -0.39 is 0 Å². The number of imidazole rings is 1. The Morgan fingerprint density at radius 1 is 1.16 bits per heavy atom. The molecule has 3 heteroatoms. The molecule has 1 saturated heterocycles. The maximum atomic E-state index is 4.85. The van der Waals surface area contributed by atoms with E-state index in [9.17, 15) is 0 Å².